The Labute approximate surface area is 167 Å². The lowest BCUT2D eigenvalue weighted by atomic mass is 10.0. The van der Waals surface area contributed by atoms with Crippen LogP contribution in [0.15, 0.2) is 95.6 Å². The number of esters is 1. The number of carbonyl (C=O) groups is 2. The summed E-state index contributed by atoms with van der Waals surface area (Å²) in [6.07, 6.45) is 1.47. The van der Waals surface area contributed by atoms with Crippen LogP contribution in [0.4, 0.5) is 0 Å². The van der Waals surface area contributed by atoms with Crippen LogP contribution in [0.2, 0.25) is 0 Å². The van der Waals surface area contributed by atoms with Gasteiger partial charge in [-0.25, -0.2) is 9.78 Å². The van der Waals surface area contributed by atoms with Gasteiger partial charge in [0.05, 0.1) is 5.56 Å². The van der Waals surface area contributed by atoms with Gasteiger partial charge in [0.15, 0.2) is 5.78 Å². The molecule has 5 heteroatoms. The second kappa shape index (κ2) is 8.35. The highest BCUT2D eigenvalue weighted by Gasteiger charge is 2.13. The highest BCUT2D eigenvalue weighted by atomic mass is 16.5. The first-order valence-corrected chi connectivity index (χ1v) is 9.07. The maximum Gasteiger partial charge on any atom is 0.338 e. The predicted molar refractivity (Wildman–Crippen MR) is 107 cm³/mol. The van der Waals surface area contributed by atoms with E-state index in [4.69, 9.17) is 9.15 Å². The second-order valence-corrected chi connectivity index (χ2v) is 6.36. The van der Waals surface area contributed by atoms with Crippen LogP contribution in [0, 0.1) is 0 Å². The number of carbonyl (C=O) groups excluding carboxylic acids is 2. The number of rotatable bonds is 6. The van der Waals surface area contributed by atoms with Gasteiger partial charge in [-0.3, -0.25) is 4.79 Å². The summed E-state index contributed by atoms with van der Waals surface area (Å²) in [5, 5.41) is 0. The fraction of sp³-hybridized carbons (Fsp3) is 0.0417. The number of benzene rings is 3. The average molecular weight is 383 g/mol. The largest absolute Gasteiger partial charge is 0.455 e. The third-order valence-electron chi connectivity index (χ3n) is 4.34. The van der Waals surface area contributed by atoms with Gasteiger partial charge in [0.2, 0.25) is 5.89 Å². The molecule has 142 valence electrons. The first-order valence-electron chi connectivity index (χ1n) is 9.07. The Morgan fingerprint density at radius 1 is 0.759 bits per heavy atom. The summed E-state index contributed by atoms with van der Waals surface area (Å²) >= 11 is 0. The van der Waals surface area contributed by atoms with E-state index in [1.807, 2.05) is 48.5 Å². The smallest absolute Gasteiger partial charge is 0.338 e. The molecule has 0 aliphatic rings. The summed E-state index contributed by atoms with van der Waals surface area (Å²) in [4.78, 5) is 29.0. The summed E-state index contributed by atoms with van der Waals surface area (Å²) in [6, 6.07) is 24.9. The topological polar surface area (TPSA) is 69.4 Å². The Balaban J connectivity index is 1.38. The Hall–Kier alpha value is -3.99. The van der Waals surface area contributed by atoms with Gasteiger partial charge in [-0.05, 0) is 24.3 Å². The Morgan fingerprint density at radius 2 is 1.34 bits per heavy atom. The molecule has 5 nitrogen and oxygen atoms in total. The molecule has 0 aliphatic carbocycles. The molecule has 0 aliphatic heterocycles. The molecule has 4 aromatic rings. The van der Waals surface area contributed by atoms with Crippen molar-refractivity contribution < 1.29 is 18.7 Å². The fourth-order valence-electron chi connectivity index (χ4n) is 2.82. The van der Waals surface area contributed by atoms with E-state index < -0.39 is 5.97 Å². The minimum absolute atomic E-state index is 0.000135. The third-order valence-corrected chi connectivity index (χ3v) is 4.34. The van der Waals surface area contributed by atoms with Crippen LogP contribution >= 0.6 is 0 Å². The number of aromatic nitrogens is 1. The van der Waals surface area contributed by atoms with E-state index in [2.05, 4.69) is 4.98 Å². The van der Waals surface area contributed by atoms with E-state index >= 15 is 0 Å². The number of ether oxygens (including phenoxy) is 1. The van der Waals surface area contributed by atoms with Crippen molar-refractivity contribution in [3.8, 4) is 11.5 Å². The lowest BCUT2D eigenvalue weighted by Crippen LogP contribution is -2.07. The van der Waals surface area contributed by atoms with Gasteiger partial charge in [0.25, 0.3) is 0 Å². The van der Waals surface area contributed by atoms with Gasteiger partial charge >= 0.3 is 5.97 Å². The summed E-state index contributed by atoms with van der Waals surface area (Å²) < 4.78 is 10.7. The normalized spacial score (nSPS) is 10.5. The number of ketones is 1. The fourth-order valence-corrected chi connectivity index (χ4v) is 2.82. The first kappa shape index (κ1) is 18.4. The molecule has 1 aromatic heterocycles. The zero-order chi connectivity index (χ0) is 20.1. The van der Waals surface area contributed by atoms with Gasteiger partial charge in [0, 0.05) is 16.7 Å². The summed E-state index contributed by atoms with van der Waals surface area (Å²) in [5.74, 6) is -0.116. The summed E-state index contributed by atoms with van der Waals surface area (Å²) in [5.41, 5.74) is 2.85. The Morgan fingerprint density at radius 3 is 2.03 bits per heavy atom. The molecular weight excluding hydrogens is 366 g/mol. The van der Waals surface area contributed by atoms with Gasteiger partial charge in [-0.15, -0.1) is 0 Å². The maximum absolute atomic E-state index is 12.4. The van der Waals surface area contributed by atoms with Crippen LogP contribution in [0.25, 0.3) is 11.5 Å². The van der Waals surface area contributed by atoms with Crippen molar-refractivity contribution in [2.24, 2.45) is 0 Å². The molecule has 0 bridgehead atoms. The third kappa shape index (κ3) is 4.30. The molecule has 3 aromatic carbocycles. The highest BCUT2D eigenvalue weighted by molar-refractivity contribution is 6.09. The summed E-state index contributed by atoms with van der Waals surface area (Å²) in [6.45, 7) is -0.000135. The first-order chi connectivity index (χ1) is 14.2. The Kier molecular flexibility index (Phi) is 5.29. The van der Waals surface area contributed by atoms with E-state index in [1.54, 1.807) is 36.4 Å². The number of oxazole rings is 1. The predicted octanol–water partition coefficient (Wildman–Crippen LogP) is 4.93. The number of nitrogens with zero attached hydrogens (tertiary/aromatic N) is 1. The number of hydrogen-bond acceptors (Lipinski definition) is 5. The molecule has 0 unspecified atom stereocenters. The van der Waals surface area contributed by atoms with Crippen LogP contribution < -0.4 is 0 Å². The highest BCUT2D eigenvalue weighted by Crippen LogP contribution is 2.18. The molecule has 29 heavy (non-hydrogen) atoms. The summed E-state index contributed by atoms with van der Waals surface area (Å²) in [7, 11) is 0. The van der Waals surface area contributed by atoms with Crippen LogP contribution in [-0.4, -0.2) is 16.7 Å². The quantitative estimate of drug-likeness (QED) is 0.349. The molecule has 0 saturated carbocycles. The van der Waals surface area contributed by atoms with E-state index in [0.29, 0.717) is 28.3 Å². The minimum atomic E-state index is -0.493. The van der Waals surface area contributed by atoms with Gasteiger partial charge in [-0.2, -0.15) is 0 Å². The van der Waals surface area contributed by atoms with Crippen molar-refractivity contribution in [3.05, 3.63) is 114 Å². The van der Waals surface area contributed by atoms with Gasteiger partial charge in [-0.1, -0.05) is 60.7 Å². The van der Waals surface area contributed by atoms with Crippen LogP contribution in [0.5, 0.6) is 0 Å². The molecule has 0 saturated heterocycles. The number of hydrogen-bond donors (Lipinski definition) is 0. The Bertz CT molecular complexity index is 1120. The molecule has 1 heterocycles. The molecule has 0 amide bonds. The lowest BCUT2D eigenvalue weighted by molar-refractivity contribution is 0.0467. The maximum atomic E-state index is 12.4. The van der Waals surface area contributed by atoms with Crippen molar-refractivity contribution >= 4 is 11.8 Å². The zero-order valence-electron chi connectivity index (χ0n) is 15.4. The molecule has 0 atom stereocenters. The van der Waals surface area contributed by atoms with E-state index in [0.717, 1.165) is 5.56 Å². The monoisotopic (exact) mass is 383 g/mol. The molecule has 0 fully saturated rings. The van der Waals surface area contributed by atoms with Crippen LogP contribution in [0.1, 0.15) is 32.0 Å². The molecule has 0 radical (unpaired) electrons. The van der Waals surface area contributed by atoms with Crippen molar-refractivity contribution in [1.29, 1.82) is 0 Å². The van der Waals surface area contributed by atoms with Crippen LogP contribution in [-0.2, 0) is 11.3 Å². The zero-order valence-corrected chi connectivity index (χ0v) is 15.4. The molecular formula is C24H17NO4. The van der Waals surface area contributed by atoms with E-state index in [1.165, 1.54) is 6.26 Å². The molecule has 0 spiro atoms. The standard InChI is InChI=1S/C24H17NO4/c26-22(17-7-3-1-4-8-17)18-11-13-20(14-12-18)24(27)29-16-21-15-28-23(25-21)19-9-5-2-6-10-19/h1-15H,16H2. The van der Waals surface area contributed by atoms with Crippen molar-refractivity contribution in [2.45, 2.75) is 6.61 Å². The van der Waals surface area contributed by atoms with E-state index in [9.17, 15) is 9.59 Å². The van der Waals surface area contributed by atoms with Crippen molar-refractivity contribution in [3.63, 3.8) is 0 Å². The van der Waals surface area contributed by atoms with Gasteiger partial charge < -0.3 is 9.15 Å². The van der Waals surface area contributed by atoms with Crippen molar-refractivity contribution in [2.75, 3.05) is 0 Å². The SMILES string of the molecule is O=C(OCc1coc(-c2ccccc2)n1)c1ccc(C(=O)c2ccccc2)cc1. The van der Waals surface area contributed by atoms with Gasteiger partial charge in [0.1, 0.15) is 18.6 Å². The second-order valence-electron chi connectivity index (χ2n) is 6.36. The van der Waals surface area contributed by atoms with Crippen LogP contribution in [0.3, 0.4) is 0 Å². The van der Waals surface area contributed by atoms with E-state index in [-0.39, 0.29) is 12.4 Å². The molecule has 0 N–H and O–H groups in total. The lowest BCUT2D eigenvalue weighted by Gasteiger charge is -2.04. The van der Waals surface area contributed by atoms with Crippen molar-refractivity contribution in [1.82, 2.24) is 4.98 Å². The minimum Gasteiger partial charge on any atom is -0.455 e. The average Bonchev–Trinajstić information content (AvgIpc) is 3.27. The molecule has 4 rings (SSSR count).